The zero-order valence-corrected chi connectivity index (χ0v) is 20.3. The van der Waals surface area contributed by atoms with Crippen molar-refractivity contribution >= 4 is 18.5 Å². The summed E-state index contributed by atoms with van der Waals surface area (Å²) in [5.41, 5.74) is -0.438. The molecule has 0 saturated carbocycles. The third-order valence-electron chi connectivity index (χ3n) is 5.92. The minimum atomic E-state index is -0.438. The van der Waals surface area contributed by atoms with Gasteiger partial charge >= 0.3 is 6.09 Å². The van der Waals surface area contributed by atoms with Crippen molar-refractivity contribution in [3.05, 3.63) is 0 Å². The molecule has 2 rings (SSSR count). The third kappa shape index (κ3) is 10.0. The Morgan fingerprint density at radius 1 is 1.00 bits per heavy atom. The number of piperidine rings is 2. The predicted octanol–water partition coefficient (Wildman–Crippen LogP) is 5.14. The fraction of sp³-hybridized carbons (Fsp3) is 0.870. The number of carbonyl (C=O) groups is 1. The summed E-state index contributed by atoms with van der Waals surface area (Å²) in [5.74, 6) is 1.52. The lowest BCUT2D eigenvalue weighted by Crippen LogP contribution is -2.42. The Kier molecular flexibility index (Phi) is 13.8. The van der Waals surface area contributed by atoms with Crippen molar-refractivity contribution in [1.29, 1.82) is 10.5 Å². The average molecular weight is 441 g/mol. The van der Waals surface area contributed by atoms with E-state index in [1.807, 2.05) is 27.7 Å². The summed E-state index contributed by atoms with van der Waals surface area (Å²) in [5, 5.41) is 21.2. The van der Waals surface area contributed by atoms with Gasteiger partial charge in [-0.3, -0.25) is 0 Å². The van der Waals surface area contributed by atoms with Crippen molar-refractivity contribution in [2.45, 2.75) is 78.7 Å². The van der Waals surface area contributed by atoms with Crippen LogP contribution in [0.1, 0.15) is 73.1 Å². The molecule has 7 heteroatoms. The van der Waals surface area contributed by atoms with Crippen LogP contribution in [0.25, 0.3) is 0 Å². The fourth-order valence-electron chi connectivity index (χ4n) is 4.12. The Balaban J connectivity index is 0.000000603. The van der Waals surface area contributed by atoms with Crippen molar-refractivity contribution in [3.63, 3.8) is 0 Å². The summed E-state index contributed by atoms with van der Waals surface area (Å²) in [4.78, 5) is 13.6. The van der Waals surface area contributed by atoms with Crippen molar-refractivity contribution in [3.8, 4) is 12.1 Å². The summed E-state index contributed by atoms with van der Waals surface area (Å²) in [6, 6.07) is 4.76. The van der Waals surface area contributed by atoms with Gasteiger partial charge in [-0.15, -0.1) is 12.4 Å². The zero-order valence-electron chi connectivity index (χ0n) is 19.4. The molecule has 0 aromatic heterocycles. The largest absolute Gasteiger partial charge is 0.444 e. The molecule has 6 nitrogen and oxygen atoms in total. The van der Waals surface area contributed by atoms with Crippen molar-refractivity contribution in [2.75, 3.05) is 26.2 Å². The van der Waals surface area contributed by atoms with Gasteiger partial charge in [0.1, 0.15) is 5.60 Å². The molecule has 0 radical (unpaired) electrons. The molecule has 2 aliphatic heterocycles. The molecule has 0 bridgehead atoms. The van der Waals surface area contributed by atoms with Crippen LogP contribution in [0.2, 0.25) is 0 Å². The van der Waals surface area contributed by atoms with E-state index in [4.69, 9.17) is 15.3 Å². The highest BCUT2D eigenvalue weighted by molar-refractivity contribution is 5.85. The van der Waals surface area contributed by atoms with Crippen LogP contribution in [-0.4, -0.2) is 42.8 Å². The molecular formula is C23H41ClN4O2. The van der Waals surface area contributed by atoms with Gasteiger partial charge in [0.2, 0.25) is 0 Å². The molecule has 2 aliphatic rings. The molecule has 0 aliphatic carbocycles. The second-order valence-electron chi connectivity index (χ2n) is 9.18. The van der Waals surface area contributed by atoms with Crippen LogP contribution in [-0.2, 0) is 4.74 Å². The second kappa shape index (κ2) is 14.5. The fourth-order valence-corrected chi connectivity index (χ4v) is 4.12. The standard InChI is InChI=1S/C14H24N2O2.C9H16N2.ClH/c1-5-11(10-15)12-6-8-16(9-7-12)13(17)18-14(2,3)4;1-2-8(7-10)9-3-5-11-6-4-9;/h11-12H,5-9H2,1-4H3;8-9,11H,2-6H2,1H3;1H. The number of hydrogen-bond donors (Lipinski definition) is 1. The van der Waals surface area contributed by atoms with Gasteiger partial charge < -0.3 is 15.0 Å². The van der Waals surface area contributed by atoms with Crippen LogP contribution in [0.4, 0.5) is 4.79 Å². The maximum absolute atomic E-state index is 11.9. The van der Waals surface area contributed by atoms with E-state index in [1.54, 1.807) is 4.90 Å². The lowest BCUT2D eigenvalue weighted by molar-refractivity contribution is 0.0169. The van der Waals surface area contributed by atoms with E-state index in [0.717, 1.165) is 38.8 Å². The van der Waals surface area contributed by atoms with Crippen molar-refractivity contribution < 1.29 is 9.53 Å². The summed E-state index contributed by atoms with van der Waals surface area (Å²) in [6.07, 6.45) is 5.87. The molecule has 0 aromatic carbocycles. The number of halogens is 1. The van der Waals surface area contributed by atoms with Gasteiger partial charge in [-0.2, -0.15) is 10.5 Å². The topological polar surface area (TPSA) is 89.2 Å². The number of hydrogen-bond acceptors (Lipinski definition) is 5. The molecule has 2 saturated heterocycles. The molecular weight excluding hydrogens is 400 g/mol. The minimum Gasteiger partial charge on any atom is -0.444 e. The normalized spacial score (nSPS) is 19.8. The number of likely N-dealkylation sites (tertiary alicyclic amines) is 1. The first-order chi connectivity index (χ1) is 13.8. The Hall–Kier alpha value is -1.50. The van der Waals surface area contributed by atoms with E-state index in [2.05, 4.69) is 24.4 Å². The van der Waals surface area contributed by atoms with Gasteiger partial charge in [-0.1, -0.05) is 13.8 Å². The van der Waals surface area contributed by atoms with Crippen LogP contribution >= 0.6 is 12.4 Å². The summed E-state index contributed by atoms with van der Waals surface area (Å²) >= 11 is 0. The van der Waals surface area contributed by atoms with Gasteiger partial charge in [0.25, 0.3) is 0 Å². The summed E-state index contributed by atoms with van der Waals surface area (Å²) < 4.78 is 5.35. The molecule has 172 valence electrons. The molecule has 2 unspecified atom stereocenters. The highest BCUT2D eigenvalue weighted by atomic mass is 35.5. The van der Waals surface area contributed by atoms with Crippen LogP contribution < -0.4 is 5.32 Å². The van der Waals surface area contributed by atoms with Crippen LogP contribution in [0.5, 0.6) is 0 Å². The van der Waals surface area contributed by atoms with Gasteiger partial charge in [-0.05, 0) is 84.2 Å². The van der Waals surface area contributed by atoms with Gasteiger partial charge in [0, 0.05) is 24.9 Å². The number of rotatable bonds is 4. The quantitative estimate of drug-likeness (QED) is 0.653. The number of nitriles is 2. The van der Waals surface area contributed by atoms with Crippen LogP contribution in [0, 0.1) is 46.3 Å². The number of nitrogens with zero attached hydrogens (tertiary/aromatic N) is 3. The Labute approximate surface area is 189 Å². The summed E-state index contributed by atoms with van der Waals surface area (Å²) in [6.45, 7) is 13.4. The minimum absolute atomic E-state index is 0. The molecule has 1 amide bonds. The first-order valence-electron chi connectivity index (χ1n) is 11.2. The smallest absolute Gasteiger partial charge is 0.410 e. The molecule has 2 atom stereocenters. The molecule has 0 spiro atoms. The lowest BCUT2D eigenvalue weighted by atomic mass is 9.84. The number of carbonyl (C=O) groups excluding carboxylic acids is 1. The molecule has 30 heavy (non-hydrogen) atoms. The average Bonchev–Trinajstić information content (AvgIpc) is 2.70. The molecule has 2 heterocycles. The maximum Gasteiger partial charge on any atom is 0.410 e. The Morgan fingerprint density at radius 2 is 1.43 bits per heavy atom. The number of ether oxygens (including phenoxy) is 1. The lowest BCUT2D eigenvalue weighted by Gasteiger charge is -2.34. The SMILES string of the molecule is CCC(C#N)C1CCN(C(=O)OC(C)(C)C)CC1.CCC(C#N)C1CCNCC1.Cl. The monoisotopic (exact) mass is 440 g/mol. The Morgan fingerprint density at radius 3 is 1.80 bits per heavy atom. The molecule has 0 aromatic rings. The second-order valence-corrected chi connectivity index (χ2v) is 9.18. The van der Waals surface area contributed by atoms with E-state index >= 15 is 0 Å². The van der Waals surface area contributed by atoms with Crippen LogP contribution in [0.15, 0.2) is 0 Å². The Bertz CT molecular complexity index is 565. The van der Waals surface area contributed by atoms with Crippen molar-refractivity contribution in [2.24, 2.45) is 23.7 Å². The number of nitrogens with one attached hydrogen (secondary N) is 1. The molecule has 2 fully saturated rings. The van der Waals surface area contributed by atoms with Gasteiger partial charge in [0.05, 0.1) is 12.1 Å². The maximum atomic E-state index is 11.9. The van der Waals surface area contributed by atoms with Crippen molar-refractivity contribution in [1.82, 2.24) is 10.2 Å². The van der Waals surface area contributed by atoms with E-state index < -0.39 is 5.60 Å². The first-order valence-corrected chi connectivity index (χ1v) is 11.2. The highest BCUT2D eigenvalue weighted by Crippen LogP contribution is 2.27. The number of amides is 1. The van der Waals surface area contributed by atoms with E-state index in [9.17, 15) is 4.79 Å². The third-order valence-corrected chi connectivity index (χ3v) is 5.92. The van der Waals surface area contributed by atoms with E-state index in [-0.39, 0.29) is 24.4 Å². The predicted molar refractivity (Wildman–Crippen MR) is 122 cm³/mol. The van der Waals surface area contributed by atoms with E-state index in [1.165, 1.54) is 12.8 Å². The van der Waals surface area contributed by atoms with Gasteiger partial charge in [-0.25, -0.2) is 4.79 Å². The first kappa shape index (κ1) is 28.5. The van der Waals surface area contributed by atoms with E-state index in [0.29, 0.717) is 30.8 Å². The zero-order chi connectivity index (χ0) is 21.9. The summed E-state index contributed by atoms with van der Waals surface area (Å²) in [7, 11) is 0. The van der Waals surface area contributed by atoms with Crippen LogP contribution in [0.3, 0.4) is 0 Å². The highest BCUT2D eigenvalue weighted by Gasteiger charge is 2.29. The van der Waals surface area contributed by atoms with Gasteiger partial charge in [0.15, 0.2) is 0 Å². The molecule has 1 N–H and O–H groups in total.